The van der Waals surface area contributed by atoms with Crippen LogP contribution in [-0.4, -0.2) is 16.8 Å². The molecule has 2 N–H and O–H groups in total. The molecule has 20 heavy (non-hydrogen) atoms. The normalized spacial score (nSPS) is 9.90. The van der Waals surface area contributed by atoms with Crippen molar-refractivity contribution in [2.24, 2.45) is 0 Å². The fraction of sp³-hybridized carbons (Fsp3) is 0.133. The van der Waals surface area contributed by atoms with Gasteiger partial charge in [0.25, 0.3) is 5.91 Å². The van der Waals surface area contributed by atoms with Gasteiger partial charge in [-0.15, -0.1) is 0 Å². The predicted molar refractivity (Wildman–Crippen MR) is 77.7 cm³/mol. The van der Waals surface area contributed by atoms with Gasteiger partial charge in [0.2, 0.25) is 5.91 Å². The highest BCUT2D eigenvalue weighted by Crippen LogP contribution is 2.23. The first-order valence-electron chi connectivity index (χ1n) is 6.16. The SMILES string of the molecule is CC(=O)Nc1cccc(NC(=O)c2cccnc2)c1C. The maximum atomic E-state index is 12.1. The van der Waals surface area contributed by atoms with E-state index in [-0.39, 0.29) is 11.8 Å². The molecule has 102 valence electrons. The summed E-state index contributed by atoms with van der Waals surface area (Å²) in [6.45, 7) is 3.28. The summed E-state index contributed by atoms with van der Waals surface area (Å²) in [5.41, 5.74) is 2.63. The van der Waals surface area contributed by atoms with Gasteiger partial charge in [-0.25, -0.2) is 0 Å². The molecule has 0 aliphatic heterocycles. The number of amides is 2. The van der Waals surface area contributed by atoms with E-state index in [1.807, 2.05) is 6.92 Å². The Bertz CT molecular complexity index is 639. The number of carbonyl (C=O) groups excluding carboxylic acids is 2. The Morgan fingerprint density at radius 1 is 1.05 bits per heavy atom. The Morgan fingerprint density at radius 2 is 1.75 bits per heavy atom. The molecule has 0 fully saturated rings. The summed E-state index contributed by atoms with van der Waals surface area (Å²) in [5.74, 6) is -0.384. The summed E-state index contributed by atoms with van der Waals surface area (Å²) < 4.78 is 0. The Morgan fingerprint density at radius 3 is 2.35 bits per heavy atom. The number of pyridine rings is 1. The van der Waals surface area contributed by atoms with E-state index in [2.05, 4.69) is 15.6 Å². The summed E-state index contributed by atoms with van der Waals surface area (Å²) in [5, 5.41) is 5.53. The first-order chi connectivity index (χ1) is 9.58. The maximum Gasteiger partial charge on any atom is 0.257 e. The molecule has 1 aromatic carbocycles. The van der Waals surface area contributed by atoms with Crippen LogP contribution < -0.4 is 10.6 Å². The minimum absolute atomic E-state index is 0.149. The minimum Gasteiger partial charge on any atom is -0.326 e. The molecule has 0 saturated heterocycles. The lowest BCUT2D eigenvalue weighted by Crippen LogP contribution is -2.14. The van der Waals surface area contributed by atoms with Crippen LogP contribution in [0.1, 0.15) is 22.8 Å². The van der Waals surface area contributed by atoms with Crippen LogP contribution in [0.5, 0.6) is 0 Å². The van der Waals surface area contributed by atoms with Gasteiger partial charge in [0, 0.05) is 30.7 Å². The third kappa shape index (κ3) is 3.20. The molecule has 1 aromatic heterocycles. The number of carbonyl (C=O) groups is 2. The molecule has 0 saturated carbocycles. The van der Waals surface area contributed by atoms with Gasteiger partial charge >= 0.3 is 0 Å². The lowest BCUT2D eigenvalue weighted by atomic mass is 10.1. The third-order valence-electron chi connectivity index (χ3n) is 2.82. The van der Waals surface area contributed by atoms with Crippen LogP contribution in [0.4, 0.5) is 11.4 Å². The van der Waals surface area contributed by atoms with E-state index in [4.69, 9.17) is 0 Å². The second-order valence-electron chi connectivity index (χ2n) is 4.36. The van der Waals surface area contributed by atoms with Crippen molar-refractivity contribution in [1.82, 2.24) is 4.98 Å². The molecule has 0 atom stereocenters. The van der Waals surface area contributed by atoms with Gasteiger partial charge in [-0.1, -0.05) is 6.07 Å². The van der Waals surface area contributed by atoms with Crippen LogP contribution in [0.25, 0.3) is 0 Å². The number of nitrogens with one attached hydrogen (secondary N) is 2. The van der Waals surface area contributed by atoms with Gasteiger partial charge in [0.1, 0.15) is 0 Å². The highest BCUT2D eigenvalue weighted by molar-refractivity contribution is 6.05. The molecule has 0 aliphatic carbocycles. The molecule has 2 rings (SSSR count). The zero-order chi connectivity index (χ0) is 14.5. The Kier molecular flexibility index (Phi) is 4.10. The zero-order valence-electron chi connectivity index (χ0n) is 11.3. The summed E-state index contributed by atoms with van der Waals surface area (Å²) in [7, 11) is 0. The second kappa shape index (κ2) is 5.97. The Labute approximate surface area is 117 Å². The topological polar surface area (TPSA) is 71.1 Å². The highest BCUT2D eigenvalue weighted by atomic mass is 16.2. The first-order valence-corrected chi connectivity index (χ1v) is 6.16. The smallest absolute Gasteiger partial charge is 0.257 e. The van der Waals surface area contributed by atoms with Crippen LogP contribution in [-0.2, 0) is 4.79 Å². The number of rotatable bonds is 3. The summed E-state index contributed by atoms with van der Waals surface area (Å²) in [6, 6.07) is 8.74. The van der Waals surface area contributed by atoms with Gasteiger partial charge in [-0.2, -0.15) is 0 Å². The van der Waals surface area contributed by atoms with Crippen LogP contribution in [0, 0.1) is 6.92 Å². The molecule has 0 unspecified atom stereocenters. The summed E-state index contributed by atoms with van der Waals surface area (Å²) in [6.07, 6.45) is 3.11. The van der Waals surface area contributed by atoms with E-state index in [1.165, 1.54) is 13.1 Å². The van der Waals surface area contributed by atoms with Crippen molar-refractivity contribution >= 4 is 23.2 Å². The highest BCUT2D eigenvalue weighted by Gasteiger charge is 2.10. The van der Waals surface area contributed by atoms with Crippen molar-refractivity contribution in [2.75, 3.05) is 10.6 Å². The summed E-state index contributed by atoms with van der Waals surface area (Å²) in [4.78, 5) is 27.1. The van der Waals surface area contributed by atoms with E-state index in [0.717, 1.165) is 5.56 Å². The van der Waals surface area contributed by atoms with Gasteiger partial charge in [0.05, 0.1) is 5.56 Å². The average Bonchev–Trinajstić information content (AvgIpc) is 2.43. The van der Waals surface area contributed by atoms with Crippen molar-refractivity contribution in [2.45, 2.75) is 13.8 Å². The molecule has 0 bridgehead atoms. The molecule has 2 aromatic rings. The van der Waals surface area contributed by atoms with Crippen molar-refractivity contribution < 1.29 is 9.59 Å². The number of aromatic nitrogens is 1. The van der Waals surface area contributed by atoms with Gasteiger partial charge in [-0.05, 0) is 36.8 Å². The predicted octanol–water partition coefficient (Wildman–Crippen LogP) is 2.60. The third-order valence-corrected chi connectivity index (χ3v) is 2.82. The number of hydrogen-bond acceptors (Lipinski definition) is 3. The monoisotopic (exact) mass is 269 g/mol. The standard InChI is InChI=1S/C15H15N3O2/c1-10-13(17-11(2)19)6-3-7-14(10)18-15(20)12-5-4-8-16-9-12/h3-9H,1-2H3,(H,17,19)(H,18,20). The zero-order valence-corrected chi connectivity index (χ0v) is 11.3. The van der Waals surface area contributed by atoms with Crippen LogP contribution >= 0.6 is 0 Å². The average molecular weight is 269 g/mol. The molecule has 0 radical (unpaired) electrons. The van der Waals surface area contributed by atoms with Crippen molar-refractivity contribution in [1.29, 1.82) is 0 Å². The van der Waals surface area contributed by atoms with E-state index in [1.54, 1.807) is 36.5 Å². The first kappa shape index (κ1) is 13.7. The maximum absolute atomic E-state index is 12.1. The second-order valence-corrected chi connectivity index (χ2v) is 4.36. The van der Waals surface area contributed by atoms with Crippen molar-refractivity contribution in [3.05, 3.63) is 53.9 Å². The molecule has 2 amide bonds. The fourth-order valence-electron chi connectivity index (χ4n) is 1.79. The molecule has 5 nitrogen and oxygen atoms in total. The number of anilines is 2. The molecule has 0 aliphatic rings. The van der Waals surface area contributed by atoms with E-state index < -0.39 is 0 Å². The molecule has 0 spiro atoms. The Hall–Kier alpha value is -2.69. The summed E-state index contributed by atoms with van der Waals surface area (Å²) >= 11 is 0. The quantitative estimate of drug-likeness (QED) is 0.899. The number of benzene rings is 1. The number of nitrogens with zero attached hydrogens (tertiary/aromatic N) is 1. The Balaban J connectivity index is 2.22. The number of hydrogen-bond donors (Lipinski definition) is 2. The van der Waals surface area contributed by atoms with Gasteiger partial charge in [0.15, 0.2) is 0 Å². The van der Waals surface area contributed by atoms with Crippen LogP contribution in [0.3, 0.4) is 0 Å². The van der Waals surface area contributed by atoms with Crippen molar-refractivity contribution in [3.63, 3.8) is 0 Å². The van der Waals surface area contributed by atoms with Crippen LogP contribution in [0.15, 0.2) is 42.7 Å². The van der Waals surface area contributed by atoms with E-state index in [9.17, 15) is 9.59 Å². The lowest BCUT2D eigenvalue weighted by molar-refractivity contribution is -0.114. The fourth-order valence-corrected chi connectivity index (χ4v) is 1.79. The van der Waals surface area contributed by atoms with Crippen molar-refractivity contribution in [3.8, 4) is 0 Å². The van der Waals surface area contributed by atoms with Gasteiger partial charge < -0.3 is 10.6 Å². The molecule has 1 heterocycles. The van der Waals surface area contributed by atoms with Gasteiger partial charge in [-0.3, -0.25) is 14.6 Å². The van der Waals surface area contributed by atoms with E-state index in [0.29, 0.717) is 16.9 Å². The molecular formula is C15H15N3O2. The van der Waals surface area contributed by atoms with Crippen LogP contribution in [0.2, 0.25) is 0 Å². The molecular weight excluding hydrogens is 254 g/mol. The minimum atomic E-state index is -0.235. The lowest BCUT2D eigenvalue weighted by Gasteiger charge is -2.12. The molecule has 5 heteroatoms. The van der Waals surface area contributed by atoms with E-state index >= 15 is 0 Å². The largest absolute Gasteiger partial charge is 0.326 e.